The number of nitriles is 1. The highest BCUT2D eigenvalue weighted by Gasteiger charge is 2.22. The SMILES string of the molecule is N#Cc1ccc([C@@H]2CCCCc3cncn32)c(-c2ccc(F)cc2)c1. The van der Waals surface area contributed by atoms with Gasteiger partial charge in [0, 0.05) is 11.9 Å². The fourth-order valence-electron chi connectivity index (χ4n) is 3.69. The summed E-state index contributed by atoms with van der Waals surface area (Å²) in [7, 11) is 0. The lowest BCUT2D eigenvalue weighted by atomic mass is 9.91. The average Bonchev–Trinajstić information content (AvgIpc) is 3.02. The summed E-state index contributed by atoms with van der Waals surface area (Å²) in [5.74, 6) is -0.256. The first kappa shape index (κ1) is 15.6. The highest BCUT2D eigenvalue weighted by Crippen LogP contribution is 2.36. The number of fused-ring (bicyclic) bond motifs is 1. The zero-order valence-electron chi connectivity index (χ0n) is 13.8. The molecule has 0 unspecified atom stereocenters. The van der Waals surface area contributed by atoms with Crippen LogP contribution in [0.2, 0.25) is 0 Å². The molecule has 25 heavy (non-hydrogen) atoms. The second-order valence-corrected chi connectivity index (χ2v) is 6.47. The van der Waals surface area contributed by atoms with Gasteiger partial charge in [-0.05, 0) is 60.2 Å². The zero-order valence-corrected chi connectivity index (χ0v) is 13.8. The van der Waals surface area contributed by atoms with Crippen LogP contribution in [0, 0.1) is 17.1 Å². The van der Waals surface area contributed by atoms with E-state index in [0.717, 1.165) is 42.4 Å². The summed E-state index contributed by atoms with van der Waals surface area (Å²) >= 11 is 0. The molecule has 1 aliphatic heterocycles. The molecule has 0 fully saturated rings. The van der Waals surface area contributed by atoms with Crippen molar-refractivity contribution in [3.05, 3.63) is 77.6 Å². The predicted molar refractivity (Wildman–Crippen MR) is 94.5 cm³/mol. The number of aryl methyl sites for hydroxylation is 1. The molecule has 1 aromatic heterocycles. The van der Waals surface area contributed by atoms with Crippen LogP contribution in [-0.4, -0.2) is 9.55 Å². The van der Waals surface area contributed by atoms with Gasteiger partial charge in [-0.2, -0.15) is 5.26 Å². The van der Waals surface area contributed by atoms with E-state index in [1.54, 1.807) is 12.1 Å². The Morgan fingerprint density at radius 2 is 1.96 bits per heavy atom. The van der Waals surface area contributed by atoms with Crippen molar-refractivity contribution >= 4 is 0 Å². The highest BCUT2D eigenvalue weighted by molar-refractivity contribution is 5.70. The van der Waals surface area contributed by atoms with Crippen LogP contribution >= 0.6 is 0 Å². The highest BCUT2D eigenvalue weighted by atomic mass is 19.1. The van der Waals surface area contributed by atoms with Gasteiger partial charge in [0.15, 0.2) is 0 Å². The van der Waals surface area contributed by atoms with Gasteiger partial charge in [-0.15, -0.1) is 0 Å². The Bertz CT molecular complexity index is 935. The quantitative estimate of drug-likeness (QED) is 0.672. The van der Waals surface area contributed by atoms with Gasteiger partial charge in [0.05, 0.1) is 24.0 Å². The molecule has 0 saturated heterocycles. The Morgan fingerprint density at radius 1 is 1.12 bits per heavy atom. The Morgan fingerprint density at radius 3 is 2.76 bits per heavy atom. The molecule has 3 aromatic rings. The maximum atomic E-state index is 13.3. The van der Waals surface area contributed by atoms with E-state index in [1.165, 1.54) is 17.8 Å². The maximum Gasteiger partial charge on any atom is 0.123 e. The van der Waals surface area contributed by atoms with Gasteiger partial charge in [0.25, 0.3) is 0 Å². The Labute approximate surface area is 146 Å². The predicted octanol–water partition coefficient (Wildman–Crippen LogP) is 4.88. The van der Waals surface area contributed by atoms with Gasteiger partial charge in [0.2, 0.25) is 0 Å². The van der Waals surface area contributed by atoms with Crippen LogP contribution in [0.25, 0.3) is 11.1 Å². The van der Waals surface area contributed by atoms with Crippen molar-refractivity contribution in [2.75, 3.05) is 0 Å². The molecule has 0 bridgehead atoms. The number of benzene rings is 2. The van der Waals surface area contributed by atoms with Gasteiger partial charge >= 0.3 is 0 Å². The summed E-state index contributed by atoms with van der Waals surface area (Å²) in [5.41, 5.74) is 4.94. The third kappa shape index (κ3) is 2.94. The van der Waals surface area contributed by atoms with Crippen LogP contribution in [0.4, 0.5) is 4.39 Å². The number of halogens is 1. The van der Waals surface area contributed by atoms with Gasteiger partial charge in [0.1, 0.15) is 5.82 Å². The van der Waals surface area contributed by atoms with E-state index in [1.807, 2.05) is 30.7 Å². The smallest absolute Gasteiger partial charge is 0.123 e. The summed E-state index contributed by atoms with van der Waals surface area (Å²) in [4.78, 5) is 4.33. The molecule has 1 atom stereocenters. The van der Waals surface area contributed by atoms with Crippen LogP contribution in [-0.2, 0) is 6.42 Å². The molecule has 1 aliphatic rings. The molecule has 4 rings (SSSR count). The summed E-state index contributed by atoms with van der Waals surface area (Å²) in [6.07, 6.45) is 8.22. The fourth-order valence-corrected chi connectivity index (χ4v) is 3.69. The number of hydrogen-bond donors (Lipinski definition) is 0. The van der Waals surface area contributed by atoms with Crippen molar-refractivity contribution in [3.8, 4) is 17.2 Å². The minimum Gasteiger partial charge on any atom is -0.327 e. The van der Waals surface area contributed by atoms with Gasteiger partial charge < -0.3 is 4.57 Å². The lowest BCUT2D eigenvalue weighted by molar-refractivity contribution is 0.537. The molecule has 0 aliphatic carbocycles. The summed E-state index contributed by atoms with van der Waals surface area (Å²) in [5, 5.41) is 9.30. The van der Waals surface area contributed by atoms with Crippen molar-refractivity contribution in [1.82, 2.24) is 9.55 Å². The second-order valence-electron chi connectivity index (χ2n) is 6.47. The number of imidazole rings is 1. The molecule has 0 radical (unpaired) electrons. The summed E-state index contributed by atoms with van der Waals surface area (Å²) < 4.78 is 15.6. The minimum absolute atomic E-state index is 0.188. The van der Waals surface area contributed by atoms with Gasteiger partial charge in [-0.1, -0.05) is 24.6 Å². The maximum absolute atomic E-state index is 13.3. The monoisotopic (exact) mass is 331 g/mol. The average molecular weight is 331 g/mol. The molecule has 3 nitrogen and oxygen atoms in total. The van der Waals surface area contributed by atoms with Crippen LogP contribution in [0.5, 0.6) is 0 Å². The Hall–Kier alpha value is -2.93. The largest absolute Gasteiger partial charge is 0.327 e. The van der Waals surface area contributed by atoms with Crippen molar-refractivity contribution in [2.45, 2.75) is 31.7 Å². The number of aromatic nitrogens is 2. The van der Waals surface area contributed by atoms with Crippen LogP contribution in [0.15, 0.2) is 55.0 Å². The van der Waals surface area contributed by atoms with E-state index in [0.29, 0.717) is 5.56 Å². The number of nitrogens with zero attached hydrogens (tertiary/aromatic N) is 3. The van der Waals surface area contributed by atoms with Gasteiger partial charge in [-0.3, -0.25) is 0 Å². The second kappa shape index (κ2) is 6.52. The van der Waals surface area contributed by atoms with Crippen molar-refractivity contribution < 1.29 is 4.39 Å². The van der Waals surface area contributed by atoms with Crippen LogP contribution < -0.4 is 0 Å². The lowest BCUT2D eigenvalue weighted by Gasteiger charge is -2.22. The van der Waals surface area contributed by atoms with E-state index < -0.39 is 0 Å². The van der Waals surface area contributed by atoms with Crippen LogP contribution in [0.3, 0.4) is 0 Å². The van der Waals surface area contributed by atoms with Crippen molar-refractivity contribution in [1.29, 1.82) is 5.26 Å². The molecule has 0 amide bonds. The normalized spacial score (nSPS) is 16.7. The first-order chi connectivity index (χ1) is 12.3. The molecule has 2 aromatic carbocycles. The Kier molecular flexibility index (Phi) is 4.07. The van der Waals surface area contributed by atoms with E-state index in [4.69, 9.17) is 0 Å². The molecule has 0 N–H and O–H groups in total. The topological polar surface area (TPSA) is 41.6 Å². The molecule has 0 saturated carbocycles. The van der Waals surface area contributed by atoms with Crippen LogP contribution in [0.1, 0.15) is 42.1 Å². The number of hydrogen-bond acceptors (Lipinski definition) is 2. The van der Waals surface area contributed by atoms with E-state index in [9.17, 15) is 9.65 Å². The number of rotatable bonds is 2. The molecular formula is C21H18FN3. The molecule has 4 heteroatoms. The van der Waals surface area contributed by atoms with Crippen molar-refractivity contribution in [2.24, 2.45) is 0 Å². The van der Waals surface area contributed by atoms with Gasteiger partial charge in [-0.25, -0.2) is 9.37 Å². The summed E-state index contributed by atoms with van der Waals surface area (Å²) in [6.45, 7) is 0. The van der Waals surface area contributed by atoms with E-state index in [2.05, 4.69) is 15.6 Å². The van der Waals surface area contributed by atoms with Crippen molar-refractivity contribution in [3.63, 3.8) is 0 Å². The summed E-state index contributed by atoms with van der Waals surface area (Å²) in [6, 6.07) is 14.7. The molecule has 2 heterocycles. The first-order valence-corrected chi connectivity index (χ1v) is 8.57. The lowest BCUT2D eigenvalue weighted by Crippen LogP contribution is -2.12. The van der Waals surface area contributed by atoms with E-state index in [-0.39, 0.29) is 11.9 Å². The first-order valence-electron chi connectivity index (χ1n) is 8.57. The third-order valence-corrected chi connectivity index (χ3v) is 4.94. The van der Waals surface area contributed by atoms with E-state index >= 15 is 0 Å². The fraction of sp³-hybridized carbons (Fsp3) is 0.238. The standard InChI is InChI=1S/C21H18FN3/c22-17-8-6-16(7-9-17)20-11-15(12-23)5-10-19(20)21-4-2-1-3-18-13-24-14-25(18)21/h5-11,13-14,21H,1-4H2/t21-/m0/s1. The molecule has 124 valence electrons. The minimum atomic E-state index is -0.256. The molecular weight excluding hydrogens is 313 g/mol. The third-order valence-electron chi connectivity index (χ3n) is 4.94. The molecule has 0 spiro atoms. The Balaban J connectivity index is 1.88. The zero-order chi connectivity index (χ0) is 17.2.